The molecular formula is C19H18Cl2N2O. The van der Waals surface area contributed by atoms with Gasteiger partial charge in [-0.1, -0.05) is 41.4 Å². The van der Waals surface area contributed by atoms with E-state index >= 15 is 0 Å². The molecule has 4 rings (SSSR count). The third-order valence-electron chi connectivity index (χ3n) is 4.97. The summed E-state index contributed by atoms with van der Waals surface area (Å²) in [6.45, 7) is 3.46. The Kier molecular flexibility index (Phi) is 4.25. The first-order valence-corrected chi connectivity index (χ1v) is 8.90. The van der Waals surface area contributed by atoms with E-state index in [0.29, 0.717) is 21.9 Å². The number of fused-ring (bicyclic) bond motifs is 3. The van der Waals surface area contributed by atoms with E-state index in [0.717, 1.165) is 37.3 Å². The molecule has 2 heterocycles. The molecule has 2 atom stereocenters. The number of nitrogens with zero attached hydrogens (tertiary/aromatic N) is 1. The number of benzene rings is 2. The van der Waals surface area contributed by atoms with Crippen LogP contribution in [0, 0.1) is 5.92 Å². The van der Waals surface area contributed by atoms with Crippen LogP contribution in [-0.2, 0) is 6.54 Å². The Hall–Kier alpha value is -1.55. The topological polar surface area (TPSA) is 32.3 Å². The van der Waals surface area contributed by atoms with E-state index in [9.17, 15) is 4.79 Å². The molecule has 0 saturated carbocycles. The molecule has 0 aromatic heterocycles. The van der Waals surface area contributed by atoms with Gasteiger partial charge in [-0.05, 0) is 41.3 Å². The minimum Gasteiger partial charge on any atom is -0.352 e. The Bertz CT molecular complexity index is 772. The van der Waals surface area contributed by atoms with Crippen molar-refractivity contribution in [2.75, 3.05) is 19.6 Å². The lowest BCUT2D eigenvalue weighted by Crippen LogP contribution is -2.29. The smallest absolute Gasteiger partial charge is 0.251 e. The average molecular weight is 361 g/mol. The van der Waals surface area contributed by atoms with Crippen molar-refractivity contribution in [1.82, 2.24) is 10.2 Å². The van der Waals surface area contributed by atoms with E-state index in [1.807, 2.05) is 30.3 Å². The number of carbonyl (C=O) groups excluding carboxylic acids is 1. The van der Waals surface area contributed by atoms with Crippen molar-refractivity contribution in [1.29, 1.82) is 0 Å². The Morgan fingerprint density at radius 2 is 1.83 bits per heavy atom. The summed E-state index contributed by atoms with van der Waals surface area (Å²) in [7, 11) is 0. The molecule has 124 valence electrons. The van der Waals surface area contributed by atoms with Crippen molar-refractivity contribution in [3.63, 3.8) is 0 Å². The van der Waals surface area contributed by atoms with Crippen LogP contribution in [0.4, 0.5) is 0 Å². The summed E-state index contributed by atoms with van der Waals surface area (Å²) in [5.74, 6) is 0.871. The molecule has 0 aliphatic carbocycles. The van der Waals surface area contributed by atoms with Gasteiger partial charge in [-0.3, -0.25) is 9.69 Å². The fourth-order valence-corrected chi connectivity index (χ4v) is 4.53. The van der Waals surface area contributed by atoms with Gasteiger partial charge in [0.25, 0.3) is 5.91 Å². The Balaban J connectivity index is 1.58. The second kappa shape index (κ2) is 6.40. The second-order valence-electron chi connectivity index (χ2n) is 6.64. The molecule has 2 unspecified atom stereocenters. The summed E-state index contributed by atoms with van der Waals surface area (Å²) in [6, 6.07) is 13.7. The monoisotopic (exact) mass is 360 g/mol. The van der Waals surface area contributed by atoms with Crippen LogP contribution >= 0.6 is 23.2 Å². The molecule has 1 fully saturated rings. The first-order chi connectivity index (χ1) is 11.6. The van der Waals surface area contributed by atoms with E-state index in [-0.39, 0.29) is 5.91 Å². The molecule has 3 nitrogen and oxygen atoms in total. The van der Waals surface area contributed by atoms with Gasteiger partial charge < -0.3 is 5.32 Å². The van der Waals surface area contributed by atoms with Crippen molar-refractivity contribution >= 4 is 29.1 Å². The fourth-order valence-electron chi connectivity index (χ4n) is 3.96. The van der Waals surface area contributed by atoms with E-state index in [4.69, 9.17) is 23.2 Å². The number of rotatable bonds is 2. The number of carbonyl (C=O) groups is 1. The molecule has 1 saturated heterocycles. The normalized spacial score (nSPS) is 23.3. The number of amides is 1. The number of hydrogen-bond acceptors (Lipinski definition) is 2. The van der Waals surface area contributed by atoms with Gasteiger partial charge >= 0.3 is 0 Å². The van der Waals surface area contributed by atoms with Crippen molar-refractivity contribution < 1.29 is 4.79 Å². The van der Waals surface area contributed by atoms with Crippen LogP contribution < -0.4 is 5.32 Å². The minimum atomic E-state index is 0.0492. The zero-order chi connectivity index (χ0) is 16.7. The molecule has 0 bridgehead atoms. The van der Waals surface area contributed by atoms with Crippen LogP contribution in [0.1, 0.15) is 27.4 Å². The maximum Gasteiger partial charge on any atom is 0.251 e. The third kappa shape index (κ3) is 3.04. The SMILES string of the molecule is O=C1NCC2CN(Cc3cc(Cl)cc(Cl)c3)CC2c2ccccc21. The third-order valence-corrected chi connectivity index (χ3v) is 5.41. The van der Waals surface area contributed by atoms with Gasteiger partial charge in [0.05, 0.1) is 0 Å². The molecule has 1 N–H and O–H groups in total. The number of hydrogen-bond donors (Lipinski definition) is 1. The highest BCUT2D eigenvalue weighted by Gasteiger charge is 2.37. The minimum absolute atomic E-state index is 0.0492. The van der Waals surface area contributed by atoms with Gasteiger partial charge in [0.2, 0.25) is 0 Å². The lowest BCUT2D eigenvalue weighted by Gasteiger charge is -2.17. The number of nitrogens with one attached hydrogen (secondary N) is 1. The Morgan fingerprint density at radius 3 is 2.62 bits per heavy atom. The highest BCUT2D eigenvalue weighted by Crippen LogP contribution is 2.36. The molecule has 24 heavy (non-hydrogen) atoms. The molecule has 0 spiro atoms. The lowest BCUT2D eigenvalue weighted by atomic mass is 9.87. The van der Waals surface area contributed by atoms with Crippen LogP contribution in [-0.4, -0.2) is 30.4 Å². The first kappa shape index (κ1) is 15.9. The molecule has 1 amide bonds. The van der Waals surface area contributed by atoms with Crippen molar-refractivity contribution in [3.05, 3.63) is 69.2 Å². The molecule has 2 aliphatic heterocycles. The molecular weight excluding hydrogens is 343 g/mol. The van der Waals surface area contributed by atoms with Crippen LogP contribution in [0.25, 0.3) is 0 Å². The van der Waals surface area contributed by atoms with Crippen LogP contribution in [0.5, 0.6) is 0 Å². The standard InChI is InChI=1S/C19H18Cl2N2O/c20-14-5-12(6-15(21)7-14)9-23-10-13-8-22-19(24)17-4-2-1-3-16(17)18(13)11-23/h1-7,13,18H,8-11H2,(H,22,24). The Labute approximate surface area is 151 Å². The first-order valence-electron chi connectivity index (χ1n) is 8.14. The van der Waals surface area contributed by atoms with Crippen molar-refractivity contribution in [2.24, 2.45) is 5.92 Å². The second-order valence-corrected chi connectivity index (χ2v) is 7.51. The molecule has 2 aromatic rings. The van der Waals surface area contributed by atoms with Crippen LogP contribution in [0.3, 0.4) is 0 Å². The van der Waals surface area contributed by atoms with Gasteiger partial charge in [0.1, 0.15) is 0 Å². The molecule has 5 heteroatoms. The zero-order valence-electron chi connectivity index (χ0n) is 13.1. The van der Waals surface area contributed by atoms with Crippen LogP contribution in [0.15, 0.2) is 42.5 Å². The summed E-state index contributed by atoms with van der Waals surface area (Å²) in [4.78, 5) is 14.7. The van der Waals surface area contributed by atoms with Gasteiger partial charge in [0.15, 0.2) is 0 Å². The summed E-state index contributed by atoms with van der Waals surface area (Å²) in [5.41, 5.74) is 3.11. The highest BCUT2D eigenvalue weighted by atomic mass is 35.5. The quantitative estimate of drug-likeness (QED) is 0.879. The van der Waals surface area contributed by atoms with Gasteiger partial charge in [0, 0.05) is 47.7 Å². The van der Waals surface area contributed by atoms with E-state index in [2.05, 4.69) is 16.3 Å². The summed E-state index contributed by atoms with van der Waals surface area (Å²) >= 11 is 12.2. The fraction of sp³-hybridized carbons (Fsp3) is 0.316. The van der Waals surface area contributed by atoms with Crippen LogP contribution in [0.2, 0.25) is 10.0 Å². The largest absolute Gasteiger partial charge is 0.352 e. The van der Waals surface area contributed by atoms with Crippen molar-refractivity contribution in [2.45, 2.75) is 12.5 Å². The number of likely N-dealkylation sites (tertiary alicyclic amines) is 1. The maximum atomic E-state index is 12.2. The highest BCUT2D eigenvalue weighted by molar-refractivity contribution is 6.34. The van der Waals surface area contributed by atoms with Crippen molar-refractivity contribution in [3.8, 4) is 0 Å². The predicted molar refractivity (Wildman–Crippen MR) is 96.7 cm³/mol. The number of halogens is 2. The zero-order valence-corrected chi connectivity index (χ0v) is 14.6. The van der Waals surface area contributed by atoms with E-state index < -0.39 is 0 Å². The summed E-state index contributed by atoms with van der Waals surface area (Å²) in [5, 5.41) is 4.41. The molecule has 0 radical (unpaired) electrons. The van der Waals surface area contributed by atoms with E-state index in [1.54, 1.807) is 6.07 Å². The average Bonchev–Trinajstić information content (AvgIpc) is 2.89. The molecule has 2 aliphatic rings. The van der Waals surface area contributed by atoms with Gasteiger partial charge in [-0.2, -0.15) is 0 Å². The lowest BCUT2D eigenvalue weighted by molar-refractivity contribution is 0.0951. The van der Waals surface area contributed by atoms with Gasteiger partial charge in [-0.25, -0.2) is 0 Å². The van der Waals surface area contributed by atoms with Gasteiger partial charge in [-0.15, -0.1) is 0 Å². The summed E-state index contributed by atoms with van der Waals surface area (Å²) in [6.07, 6.45) is 0. The Morgan fingerprint density at radius 1 is 1.08 bits per heavy atom. The maximum absolute atomic E-state index is 12.2. The summed E-state index contributed by atoms with van der Waals surface area (Å²) < 4.78 is 0. The molecule has 2 aromatic carbocycles. The predicted octanol–water partition coefficient (Wildman–Crippen LogP) is 3.95. The van der Waals surface area contributed by atoms with E-state index in [1.165, 1.54) is 5.56 Å².